The molecule has 0 bridgehead atoms. The minimum atomic E-state index is -0.383. The fraction of sp³-hybridized carbons (Fsp3) is 0.263. The van der Waals surface area contributed by atoms with Crippen molar-refractivity contribution in [3.05, 3.63) is 65.2 Å². The topological polar surface area (TPSA) is 55.4 Å². The predicted molar refractivity (Wildman–Crippen MR) is 98.1 cm³/mol. The van der Waals surface area contributed by atoms with E-state index >= 15 is 0 Å². The van der Waals surface area contributed by atoms with Crippen LogP contribution in [0, 0.1) is 13.8 Å². The highest BCUT2D eigenvalue weighted by Crippen LogP contribution is 2.13. The summed E-state index contributed by atoms with van der Waals surface area (Å²) in [6, 6.07) is 15.6. The fourth-order valence-electron chi connectivity index (χ4n) is 1.96. The number of carbonyl (C=O) groups excluding carboxylic acids is 2. The van der Waals surface area contributed by atoms with Crippen molar-refractivity contribution in [3.63, 3.8) is 0 Å². The highest BCUT2D eigenvalue weighted by Gasteiger charge is 2.08. The Morgan fingerprint density at radius 3 is 2.17 bits per heavy atom. The number of amides is 1. The quantitative estimate of drug-likeness (QED) is 0.779. The number of nitrogens with one attached hydrogen (secondary N) is 1. The van der Waals surface area contributed by atoms with E-state index in [2.05, 4.69) is 5.32 Å². The molecule has 24 heavy (non-hydrogen) atoms. The minimum Gasteiger partial charge on any atom is -0.455 e. The summed E-state index contributed by atoms with van der Waals surface area (Å²) in [7, 11) is 0. The average Bonchev–Trinajstić information content (AvgIpc) is 2.57. The van der Waals surface area contributed by atoms with Gasteiger partial charge in [0.2, 0.25) is 0 Å². The van der Waals surface area contributed by atoms with Gasteiger partial charge < -0.3 is 10.1 Å². The molecule has 0 aliphatic rings. The Kier molecular flexibility index (Phi) is 6.88. The molecule has 2 rings (SSSR count). The van der Waals surface area contributed by atoms with Gasteiger partial charge in [-0.25, -0.2) is 0 Å². The van der Waals surface area contributed by atoms with Gasteiger partial charge in [0, 0.05) is 11.4 Å². The Bertz CT molecular complexity index is 681. The average molecular weight is 343 g/mol. The summed E-state index contributed by atoms with van der Waals surface area (Å²) >= 11 is 1.47. The van der Waals surface area contributed by atoms with E-state index in [9.17, 15) is 9.59 Å². The summed E-state index contributed by atoms with van der Waals surface area (Å²) in [5.41, 5.74) is 4.18. The number of esters is 1. The molecule has 0 aromatic heterocycles. The molecule has 1 amide bonds. The SMILES string of the molecule is Cc1ccc(CSCC(=O)OCC(=O)Nc2ccc(C)cc2)cc1. The lowest BCUT2D eigenvalue weighted by Crippen LogP contribution is -2.21. The van der Waals surface area contributed by atoms with Crippen LogP contribution < -0.4 is 5.32 Å². The molecule has 2 aromatic rings. The highest BCUT2D eigenvalue weighted by molar-refractivity contribution is 7.99. The molecule has 4 nitrogen and oxygen atoms in total. The van der Waals surface area contributed by atoms with Gasteiger partial charge in [0.1, 0.15) is 0 Å². The molecular formula is C19H21NO3S. The van der Waals surface area contributed by atoms with E-state index in [0.717, 1.165) is 16.9 Å². The van der Waals surface area contributed by atoms with Crippen LogP contribution >= 0.6 is 11.8 Å². The molecule has 0 unspecified atom stereocenters. The molecule has 0 spiro atoms. The van der Waals surface area contributed by atoms with Crippen LogP contribution in [-0.2, 0) is 20.1 Å². The van der Waals surface area contributed by atoms with E-state index in [0.29, 0.717) is 5.69 Å². The van der Waals surface area contributed by atoms with Gasteiger partial charge in [-0.3, -0.25) is 9.59 Å². The van der Waals surface area contributed by atoms with Gasteiger partial charge >= 0.3 is 5.97 Å². The second-order valence-corrected chi connectivity index (χ2v) is 6.54. The molecule has 0 saturated heterocycles. The minimum absolute atomic E-state index is 0.228. The highest BCUT2D eigenvalue weighted by atomic mass is 32.2. The van der Waals surface area contributed by atoms with Crippen molar-refractivity contribution in [1.29, 1.82) is 0 Å². The standard InChI is InChI=1S/C19H21NO3S/c1-14-3-7-16(8-4-14)12-24-13-19(22)23-11-18(21)20-17-9-5-15(2)6-10-17/h3-10H,11-13H2,1-2H3,(H,20,21). The predicted octanol–water partition coefficient (Wildman–Crippen LogP) is 3.72. The maximum Gasteiger partial charge on any atom is 0.316 e. The Balaban J connectivity index is 1.64. The van der Waals surface area contributed by atoms with Crippen molar-refractivity contribution in [1.82, 2.24) is 0 Å². The fourth-order valence-corrected chi connectivity index (χ4v) is 2.74. The molecule has 1 N–H and O–H groups in total. The summed E-state index contributed by atoms with van der Waals surface area (Å²) < 4.78 is 4.99. The van der Waals surface area contributed by atoms with Gasteiger partial charge in [-0.05, 0) is 31.5 Å². The maximum atomic E-state index is 11.7. The van der Waals surface area contributed by atoms with Gasteiger partial charge in [-0.1, -0.05) is 47.5 Å². The van der Waals surface area contributed by atoms with Gasteiger partial charge in [0.25, 0.3) is 5.91 Å². The molecule has 0 saturated carbocycles. The first-order chi connectivity index (χ1) is 11.5. The van der Waals surface area contributed by atoms with Crippen LogP contribution in [-0.4, -0.2) is 24.2 Å². The number of carbonyl (C=O) groups is 2. The van der Waals surface area contributed by atoms with E-state index < -0.39 is 0 Å². The van der Waals surface area contributed by atoms with Crippen molar-refractivity contribution in [2.24, 2.45) is 0 Å². The van der Waals surface area contributed by atoms with Crippen molar-refractivity contribution < 1.29 is 14.3 Å². The Morgan fingerprint density at radius 1 is 0.958 bits per heavy atom. The number of hydrogen-bond donors (Lipinski definition) is 1. The van der Waals surface area contributed by atoms with Crippen LogP contribution in [0.25, 0.3) is 0 Å². The first-order valence-corrected chi connectivity index (χ1v) is 8.84. The molecule has 0 heterocycles. The van der Waals surface area contributed by atoms with Gasteiger partial charge in [0.05, 0.1) is 5.75 Å². The van der Waals surface area contributed by atoms with E-state index in [4.69, 9.17) is 4.74 Å². The second-order valence-electron chi connectivity index (χ2n) is 5.55. The van der Waals surface area contributed by atoms with Crippen molar-refractivity contribution >= 4 is 29.3 Å². The second kappa shape index (κ2) is 9.13. The summed E-state index contributed by atoms with van der Waals surface area (Å²) in [5.74, 6) is 0.248. The Labute approximate surface area is 146 Å². The largest absolute Gasteiger partial charge is 0.455 e. The van der Waals surface area contributed by atoms with E-state index in [1.807, 2.05) is 62.4 Å². The van der Waals surface area contributed by atoms with E-state index in [1.165, 1.54) is 17.3 Å². The van der Waals surface area contributed by atoms with Gasteiger partial charge in [-0.2, -0.15) is 0 Å². The van der Waals surface area contributed by atoms with Crippen LogP contribution in [0.15, 0.2) is 48.5 Å². The Hall–Kier alpha value is -2.27. The molecule has 126 valence electrons. The summed E-state index contributed by atoms with van der Waals surface area (Å²) in [4.78, 5) is 23.4. The zero-order valence-electron chi connectivity index (χ0n) is 13.9. The molecule has 5 heteroatoms. The molecule has 0 aliphatic heterocycles. The van der Waals surface area contributed by atoms with E-state index in [-0.39, 0.29) is 24.2 Å². The zero-order chi connectivity index (χ0) is 17.4. The lowest BCUT2D eigenvalue weighted by Gasteiger charge is -2.07. The van der Waals surface area contributed by atoms with Crippen molar-refractivity contribution in [2.45, 2.75) is 19.6 Å². The molecule has 0 atom stereocenters. The smallest absolute Gasteiger partial charge is 0.316 e. The van der Waals surface area contributed by atoms with Crippen molar-refractivity contribution in [3.8, 4) is 0 Å². The number of aryl methyl sites for hydroxylation is 2. The molecule has 0 aliphatic carbocycles. The van der Waals surface area contributed by atoms with Crippen LogP contribution in [0.1, 0.15) is 16.7 Å². The zero-order valence-corrected chi connectivity index (χ0v) is 14.7. The lowest BCUT2D eigenvalue weighted by molar-refractivity contribution is -0.144. The third-order valence-corrected chi connectivity index (χ3v) is 4.29. The summed E-state index contributed by atoms with van der Waals surface area (Å²) in [6.45, 7) is 3.75. The molecule has 0 radical (unpaired) electrons. The number of hydrogen-bond acceptors (Lipinski definition) is 4. The monoisotopic (exact) mass is 343 g/mol. The molecule has 0 fully saturated rings. The third kappa shape index (κ3) is 6.46. The Morgan fingerprint density at radius 2 is 1.54 bits per heavy atom. The number of anilines is 1. The third-order valence-electron chi connectivity index (χ3n) is 3.31. The van der Waals surface area contributed by atoms with Crippen LogP contribution in [0.2, 0.25) is 0 Å². The first kappa shape index (κ1) is 18.1. The van der Waals surface area contributed by atoms with E-state index in [1.54, 1.807) is 0 Å². The summed E-state index contributed by atoms with van der Waals surface area (Å²) in [5, 5.41) is 2.69. The normalized spacial score (nSPS) is 10.2. The lowest BCUT2D eigenvalue weighted by atomic mass is 10.2. The molecule has 2 aromatic carbocycles. The number of benzene rings is 2. The van der Waals surface area contributed by atoms with Crippen LogP contribution in [0.4, 0.5) is 5.69 Å². The van der Waals surface area contributed by atoms with Gasteiger partial charge in [0.15, 0.2) is 6.61 Å². The summed E-state index contributed by atoms with van der Waals surface area (Å²) in [6.07, 6.45) is 0. The number of ether oxygens (including phenoxy) is 1. The molecular weight excluding hydrogens is 322 g/mol. The van der Waals surface area contributed by atoms with Crippen molar-refractivity contribution in [2.75, 3.05) is 17.7 Å². The first-order valence-electron chi connectivity index (χ1n) is 7.68. The maximum absolute atomic E-state index is 11.7. The van der Waals surface area contributed by atoms with Gasteiger partial charge in [-0.15, -0.1) is 11.8 Å². The van der Waals surface area contributed by atoms with Crippen LogP contribution in [0.5, 0.6) is 0 Å². The van der Waals surface area contributed by atoms with Crippen LogP contribution in [0.3, 0.4) is 0 Å². The number of rotatable bonds is 7. The number of thioether (sulfide) groups is 1.